The lowest BCUT2D eigenvalue weighted by Crippen LogP contribution is -2.29. The fraction of sp³-hybridized carbons (Fsp3) is 0.167. The maximum Gasteiger partial charge on any atom is 0.299 e. The average molecular weight is 310 g/mol. The third-order valence-corrected chi connectivity index (χ3v) is 3.92. The smallest absolute Gasteiger partial charge is 0.299 e. The zero-order valence-corrected chi connectivity index (χ0v) is 11.9. The number of aromatic nitrogens is 2. The molecule has 8 heteroatoms. The summed E-state index contributed by atoms with van der Waals surface area (Å²) in [5, 5.41) is 8.10. The summed E-state index contributed by atoms with van der Waals surface area (Å²) in [5.41, 5.74) is 0.886. The minimum Gasteiger partial charge on any atom is -0.497 e. The van der Waals surface area contributed by atoms with Crippen LogP contribution in [-0.4, -0.2) is 29.0 Å². The minimum absolute atomic E-state index is 0.162. The van der Waals surface area contributed by atoms with Gasteiger partial charge in [0.25, 0.3) is 11.7 Å². The van der Waals surface area contributed by atoms with Crippen LogP contribution in [0.5, 0.6) is 5.75 Å². The quantitative estimate of drug-likeness (QED) is 0.810. The highest BCUT2D eigenvalue weighted by Gasteiger charge is 2.36. The first kappa shape index (κ1) is 13.0. The van der Waals surface area contributed by atoms with E-state index in [4.69, 9.17) is 16.3 Å². The van der Waals surface area contributed by atoms with Gasteiger partial charge in [-0.25, -0.2) is 0 Å². The molecule has 0 unspecified atom stereocenters. The molecule has 0 saturated carbocycles. The number of carbonyl (C=O) groups excluding carboxylic acids is 2. The molecule has 102 valence electrons. The van der Waals surface area contributed by atoms with E-state index in [0.29, 0.717) is 26.5 Å². The van der Waals surface area contributed by atoms with Crippen LogP contribution in [0.25, 0.3) is 0 Å². The Labute approximate surface area is 122 Å². The molecule has 0 aliphatic carbocycles. The molecule has 2 aromatic rings. The zero-order valence-electron chi connectivity index (χ0n) is 10.3. The van der Waals surface area contributed by atoms with Crippen molar-refractivity contribution in [2.24, 2.45) is 0 Å². The summed E-state index contributed by atoms with van der Waals surface area (Å²) in [6.45, 7) is 0.162. The second-order valence-corrected chi connectivity index (χ2v) is 5.70. The summed E-state index contributed by atoms with van der Waals surface area (Å²) in [7, 11) is 1.52. The zero-order chi connectivity index (χ0) is 14.3. The van der Waals surface area contributed by atoms with E-state index >= 15 is 0 Å². The molecule has 1 aliphatic rings. The van der Waals surface area contributed by atoms with Crippen LogP contribution in [0, 0.1) is 0 Å². The standard InChI is InChI=1S/C12H8ClN3O3S/c1-19-6-2-3-7-8(4-6)16(11(18)10(7)17)5-9-14-15-12(13)20-9/h2-4H,5H2,1H3. The molecular weight excluding hydrogens is 302 g/mol. The Kier molecular flexibility index (Phi) is 3.15. The third-order valence-electron chi connectivity index (χ3n) is 2.92. The first-order valence-corrected chi connectivity index (χ1v) is 6.81. The third kappa shape index (κ3) is 2.04. The summed E-state index contributed by atoms with van der Waals surface area (Å²) in [5.74, 6) is -0.538. The molecule has 3 rings (SSSR count). The number of halogens is 1. The number of methoxy groups -OCH3 is 1. The lowest BCUT2D eigenvalue weighted by Gasteiger charge is -2.14. The molecule has 0 atom stereocenters. The van der Waals surface area contributed by atoms with Crippen LogP contribution in [0.4, 0.5) is 5.69 Å². The molecule has 0 radical (unpaired) electrons. The number of rotatable bonds is 3. The van der Waals surface area contributed by atoms with Crippen molar-refractivity contribution in [1.82, 2.24) is 10.2 Å². The van der Waals surface area contributed by atoms with Crippen molar-refractivity contribution >= 4 is 40.3 Å². The molecule has 1 aromatic heterocycles. The van der Waals surface area contributed by atoms with Crippen molar-refractivity contribution in [3.8, 4) is 5.75 Å². The maximum atomic E-state index is 12.0. The van der Waals surface area contributed by atoms with Crippen LogP contribution in [-0.2, 0) is 11.3 Å². The van der Waals surface area contributed by atoms with Crippen LogP contribution in [0.15, 0.2) is 18.2 Å². The number of carbonyl (C=O) groups is 2. The van der Waals surface area contributed by atoms with Crippen molar-refractivity contribution in [2.75, 3.05) is 12.0 Å². The van der Waals surface area contributed by atoms with Gasteiger partial charge in [-0.05, 0) is 23.7 Å². The minimum atomic E-state index is -0.584. The number of hydrogen-bond donors (Lipinski definition) is 0. The maximum absolute atomic E-state index is 12.0. The van der Waals surface area contributed by atoms with Gasteiger partial charge in [0, 0.05) is 6.07 Å². The number of ketones is 1. The fourth-order valence-corrected chi connectivity index (χ4v) is 2.85. The normalized spacial score (nSPS) is 13.8. The van der Waals surface area contributed by atoms with Crippen LogP contribution >= 0.6 is 22.9 Å². The van der Waals surface area contributed by atoms with Gasteiger partial charge in [0.05, 0.1) is 24.9 Å². The van der Waals surface area contributed by atoms with E-state index in [2.05, 4.69) is 10.2 Å². The van der Waals surface area contributed by atoms with Gasteiger partial charge in [0.15, 0.2) is 0 Å². The first-order valence-electron chi connectivity index (χ1n) is 5.62. The first-order chi connectivity index (χ1) is 9.60. The molecular formula is C12H8ClN3O3S. The number of fused-ring (bicyclic) bond motifs is 1. The Bertz CT molecular complexity index is 716. The lowest BCUT2D eigenvalue weighted by atomic mass is 10.1. The lowest BCUT2D eigenvalue weighted by molar-refractivity contribution is -0.114. The summed E-state index contributed by atoms with van der Waals surface area (Å²) < 4.78 is 5.41. The van der Waals surface area contributed by atoms with Gasteiger partial charge in [-0.3, -0.25) is 14.5 Å². The fourth-order valence-electron chi connectivity index (χ4n) is 1.99. The molecule has 1 aliphatic heterocycles. The summed E-state index contributed by atoms with van der Waals surface area (Å²) in [6.07, 6.45) is 0. The van der Waals surface area contributed by atoms with Crippen LogP contribution < -0.4 is 9.64 Å². The molecule has 0 fully saturated rings. The van der Waals surface area contributed by atoms with Crippen LogP contribution in [0.2, 0.25) is 4.47 Å². The monoisotopic (exact) mass is 309 g/mol. The average Bonchev–Trinajstić information content (AvgIpc) is 2.96. The highest BCUT2D eigenvalue weighted by Crippen LogP contribution is 2.34. The predicted molar refractivity (Wildman–Crippen MR) is 73.4 cm³/mol. The molecule has 20 heavy (non-hydrogen) atoms. The number of ether oxygens (including phenoxy) is 1. The summed E-state index contributed by atoms with van der Waals surface area (Å²) in [4.78, 5) is 25.3. The second kappa shape index (κ2) is 4.84. The van der Waals surface area contributed by atoms with Gasteiger partial charge in [0.1, 0.15) is 10.8 Å². The second-order valence-electron chi connectivity index (χ2n) is 4.05. The highest BCUT2D eigenvalue weighted by molar-refractivity contribution is 7.15. The SMILES string of the molecule is COc1ccc2c(c1)N(Cc1nnc(Cl)s1)C(=O)C2=O. The van der Waals surface area contributed by atoms with Gasteiger partial charge < -0.3 is 4.74 Å². The number of Topliss-reactive ketones (excluding diaryl/α,β-unsaturated/α-hetero) is 1. The Morgan fingerprint density at radius 1 is 1.35 bits per heavy atom. The van der Waals surface area contributed by atoms with Crippen molar-refractivity contribution in [2.45, 2.75) is 6.54 Å². The van der Waals surface area contributed by atoms with Gasteiger partial charge in [-0.2, -0.15) is 0 Å². The van der Waals surface area contributed by atoms with Crippen molar-refractivity contribution < 1.29 is 14.3 Å². The van der Waals surface area contributed by atoms with E-state index in [9.17, 15) is 9.59 Å². The Morgan fingerprint density at radius 2 is 2.15 bits per heavy atom. The summed E-state index contributed by atoms with van der Waals surface area (Å²) in [6, 6.07) is 4.89. The van der Waals surface area contributed by atoms with Crippen molar-refractivity contribution in [3.63, 3.8) is 0 Å². The van der Waals surface area contributed by atoms with E-state index < -0.39 is 11.7 Å². The predicted octanol–water partition coefficient (Wildman–Crippen LogP) is 1.93. The van der Waals surface area contributed by atoms with E-state index in [1.165, 1.54) is 23.3 Å². The largest absolute Gasteiger partial charge is 0.497 e. The van der Waals surface area contributed by atoms with Crippen LogP contribution in [0.1, 0.15) is 15.4 Å². The van der Waals surface area contributed by atoms with E-state index in [1.807, 2.05) is 0 Å². The number of hydrogen-bond acceptors (Lipinski definition) is 6. The Morgan fingerprint density at radius 3 is 2.80 bits per heavy atom. The molecule has 1 aromatic carbocycles. The molecule has 0 spiro atoms. The Balaban J connectivity index is 2.00. The van der Waals surface area contributed by atoms with Crippen molar-refractivity contribution in [1.29, 1.82) is 0 Å². The topological polar surface area (TPSA) is 72.4 Å². The number of benzene rings is 1. The van der Waals surface area contributed by atoms with Gasteiger partial charge in [-0.15, -0.1) is 10.2 Å². The molecule has 0 bridgehead atoms. The summed E-state index contributed by atoms with van der Waals surface area (Å²) >= 11 is 6.88. The van der Waals surface area contributed by atoms with Gasteiger partial charge in [-0.1, -0.05) is 11.3 Å². The Hall–Kier alpha value is -1.99. The number of anilines is 1. The molecule has 0 saturated heterocycles. The van der Waals surface area contributed by atoms with Gasteiger partial charge in [0.2, 0.25) is 4.47 Å². The van der Waals surface area contributed by atoms with Crippen LogP contribution in [0.3, 0.4) is 0 Å². The molecule has 6 nitrogen and oxygen atoms in total. The molecule has 0 N–H and O–H groups in total. The number of nitrogens with zero attached hydrogens (tertiary/aromatic N) is 3. The van der Waals surface area contributed by atoms with Gasteiger partial charge >= 0.3 is 0 Å². The molecule has 1 amide bonds. The molecule has 2 heterocycles. The number of amides is 1. The van der Waals surface area contributed by atoms with E-state index in [0.717, 1.165) is 0 Å². The van der Waals surface area contributed by atoms with Crippen molar-refractivity contribution in [3.05, 3.63) is 33.2 Å². The highest BCUT2D eigenvalue weighted by atomic mass is 35.5. The van der Waals surface area contributed by atoms with E-state index in [-0.39, 0.29) is 6.54 Å². The van der Waals surface area contributed by atoms with E-state index in [1.54, 1.807) is 18.2 Å².